The van der Waals surface area contributed by atoms with E-state index in [1.54, 1.807) is 42.5 Å². The molecule has 8 nitrogen and oxygen atoms in total. The minimum Gasteiger partial charge on any atom is -0.489 e. The molecule has 5 rings (SSSR count). The summed E-state index contributed by atoms with van der Waals surface area (Å²) in [6, 6.07) is 32.1. The molecule has 0 aliphatic heterocycles. The highest BCUT2D eigenvalue weighted by atomic mass is 35.5. The lowest BCUT2D eigenvalue weighted by Crippen LogP contribution is -2.55. The lowest BCUT2D eigenvalue weighted by atomic mass is 9.94. The van der Waals surface area contributed by atoms with Gasteiger partial charge in [0, 0.05) is 24.0 Å². The molecule has 1 N–H and O–H groups in total. The number of ether oxygens (including phenoxy) is 1. The largest absolute Gasteiger partial charge is 0.489 e. The highest BCUT2D eigenvalue weighted by Crippen LogP contribution is 2.25. The molecule has 2 amide bonds. The molecule has 48 heavy (non-hydrogen) atoms. The number of benzene rings is 4. The molecular formula is C38H42ClN3O5S. The molecule has 10 heteroatoms. The van der Waals surface area contributed by atoms with E-state index in [0.717, 1.165) is 59.4 Å². The molecule has 0 aromatic heterocycles. The van der Waals surface area contributed by atoms with Crippen LogP contribution in [0.3, 0.4) is 0 Å². The molecule has 0 bridgehead atoms. The Morgan fingerprint density at radius 2 is 1.46 bits per heavy atom. The van der Waals surface area contributed by atoms with Gasteiger partial charge in [-0.05, 0) is 65.9 Å². The van der Waals surface area contributed by atoms with Crippen LogP contribution in [0.4, 0.5) is 5.69 Å². The number of anilines is 1. The first-order valence-corrected chi connectivity index (χ1v) is 18.5. The Hall–Kier alpha value is -4.34. The predicted molar refractivity (Wildman–Crippen MR) is 190 cm³/mol. The summed E-state index contributed by atoms with van der Waals surface area (Å²) in [7, 11) is -3.90. The van der Waals surface area contributed by atoms with E-state index in [9.17, 15) is 18.0 Å². The Bertz CT molecular complexity index is 1750. The minimum atomic E-state index is -3.90. The summed E-state index contributed by atoms with van der Waals surface area (Å²) in [5.74, 6) is -0.205. The third-order valence-corrected chi connectivity index (χ3v) is 9.89. The van der Waals surface area contributed by atoms with Crippen molar-refractivity contribution in [3.8, 4) is 5.75 Å². The first-order chi connectivity index (χ1) is 23.2. The van der Waals surface area contributed by atoms with Crippen LogP contribution in [0, 0.1) is 0 Å². The third-order valence-electron chi connectivity index (χ3n) is 8.52. The Balaban J connectivity index is 1.43. The fourth-order valence-electron chi connectivity index (χ4n) is 5.99. The molecule has 0 spiro atoms. The topological polar surface area (TPSA) is 96.0 Å². The van der Waals surface area contributed by atoms with Crippen LogP contribution in [0.2, 0.25) is 5.02 Å². The zero-order valence-corrected chi connectivity index (χ0v) is 28.7. The Morgan fingerprint density at radius 3 is 2.08 bits per heavy atom. The molecule has 1 aliphatic carbocycles. The quantitative estimate of drug-likeness (QED) is 0.158. The van der Waals surface area contributed by atoms with E-state index in [4.69, 9.17) is 16.3 Å². The number of carbonyl (C=O) groups is 2. The van der Waals surface area contributed by atoms with Crippen molar-refractivity contribution >= 4 is 39.1 Å². The normalized spacial score (nSPS) is 14.1. The summed E-state index contributed by atoms with van der Waals surface area (Å²) < 4.78 is 33.3. The zero-order valence-electron chi connectivity index (χ0n) is 27.1. The van der Waals surface area contributed by atoms with Crippen LogP contribution in [-0.4, -0.2) is 50.0 Å². The number of nitrogens with one attached hydrogen (secondary N) is 1. The van der Waals surface area contributed by atoms with E-state index in [-0.39, 0.29) is 24.9 Å². The number of halogens is 1. The molecule has 4 aromatic carbocycles. The smallest absolute Gasteiger partial charge is 0.244 e. The van der Waals surface area contributed by atoms with Crippen LogP contribution in [-0.2, 0) is 39.2 Å². The maximum atomic E-state index is 14.4. The third kappa shape index (κ3) is 10.1. The van der Waals surface area contributed by atoms with Gasteiger partial charge in [0.2, 0.25) is 21.8 Å². The second kappa shape index (κ2) is 16.7. The first kappa shape index (κ1) is 35.0. The fraction of sp³-hybridized carbons (Fsp3) is 0.316. The Labute approximate surface area is 288 Å². The van der Waals surface area contributed by atoms with Gasteiger partial charge in [-0.3, -0.25) is 13.9 Å². The van der Waals surface area contributed by atoms with Crippen molar-refractivity contribution in [2.45, 2.75) is 63.8 Å². The van der Waals surface area contributed by atoms with Crippen molar-refractivity contribution in [2.24, 2.45) is 0 Å². The average Bonchev–Trinajstić information content (AvgIpc) is 3.09. The summed E-state index contributed by atoms with van der Waals surface area (Å²) in [5.41, 5.74) is 2.93. The van der Waals surface area contributed by atoms with Crippen LogP contribution in [0.25, 0.3) is 0 Å². The van der Waals surface area contributed by atoms with Crippen molar-refractivity contribution < 1.29 is 22.7 Å². The molecule has 0 radical (unpaired) electrons. The van der Waals surface area contributed by atoms with Gasteiger partial charge in [0.15, 0.2) is 0 Å². The number of hydrogen-bond donors (Lipinski definition) is 1. The second-order valence-electron chi connectivity index (χ2n) is 12.2. The van der Waals surface area contributed by atoms with Crippen molar-refractivity contribution in [2.75, 3.05) is 17.1 Å². The Kier molecular flexibility index (Phi) is 12.1. The molecule has 0 heterocycles. The highest BCUT2D eigenvalue weighted by Gasteiger charge is 2.34. The van der Waals surface area contributed by atoms with Crippen molar-refractivity contribution in [3.63, 3.8) is 0 Å². The molecule has 0 saturated heterocycles. The zero-order chi connectivity index (χ0) is 33.9. The number of nitrogens with zero attached hydrogens (tertiary/aromatic N) is 2. The number of amides is 2. The van der Waals surface area contributed by atoms with Crippen LogP contribution in [0.5, 0.6) is 5.75 Å². The second-order valence-corrected chi connectivity index (χ2v) is 14.6. The SMILES string of the molecule is CS(=O)(=O)N(CC(=O)N(Cc1cccc(Cl)c1)[C@@H](Cc1ccccc1)C(=O)NC1CCCCC1)c1ccc(OCc2ccccc2)cc1. The summed E-state index contributed by atoms with van der Waals surface area (Å²) in [4.78, 5) is 30.0. The summed E-state index contributed by atoms with van der Waals surface area (Å²) in [5, 5.41) is 3.71. The van der Waals surface area contributed by atoms with Crippen molar-refractivity contribution in [3.05, 3.63) is 131 Å². The molecular weight excluding hydrogens is 646 g/mol. The standard InChI is InChI=1S/C38H42ClN3O5S/c1-48(45,46)42(34-20-22-35(23-21-34)47-28-30-14-7-3-8-15-30)27-37(43)41(26-31-16-11-17-32(39)24-31)36(25-29-12-5-2-6-13-29)38(44)40-33-18-9-4-10-19-33/h2-3,5-8,11-17,20-24,33,36H,4,9-10,18-19,25-28H2,1H3,(H,40,44)/t36-/m0/s1. The van der Waals surface area contributed by atoms with Gasteiger partial charge in [-0.1, -0.05) is 104 Å². The first-order valence-electron chi connectivity index (χ1n) is 16.3. The van der Waals surface area contributed by atoms with Crippen LogP contribution in [0.15, 0.2) is 109 Å². The van der Waals surface area contributed by atoms with Gasteiger partial charge >= 0.3 is 0 Å². The van der Waals surface area contributed by atoms with E-state index in [2.05, 4.69) is 5.32 Å². The van der Waals surface area contributed by atoms with Crippen molar-refractivity contribution in [1.82, 2.24) is 10.2 Å². The Morgan fingerprint density at radius 1 is 0.833 bits per heavy atom. The maximum absolute atomic E-state index is 14.4. The van der Waals surface area contributed by atoms with E-state index in [0.29, 0.717) is 23.1 Å². The fourth-order valence-corrected chi connectivity index (χ4v) is 7.06. The molecule has 252 valence electrons. The summed E-state index contributed by atoms with van der Waals surface area (Å²) in [6.45, 7) is -0.0664. The molecule has 4 aromatic rings. The monoisotopic (exact) mass is 687 g/mol. The van der Waals surface area contributed by atoms with E-state index >= 15 is 0 Å². The van der Waals surface area contributed by atoms with Gasteiger partial charge in [0.25, 0.3) is 0 Å². The number of carbonyl (C=O) groups excluding carboxylic acids is 2. The number of sulfonamides is 1. The highest BCUT2D eigenvalue weighted by molar-refractivity contribution is 7.92. The van der Waals surface area contributed by atoms with Gasteiger partial charge in [-0.2, -0.15) is 0 Å². The van der Waals surface area contributed by atoms with Gasteiger partial charge < -0.3 is 15.0 Å². The van der Waals surface area contributed by atoms with E-state index in [1.807, 2.05) is 66.7 Å². The van der Waals surface area contributed by atoms with E-state index in [1.165, 1.54) is 4.90 Å². The lowest BCUT2D eigenvalue weighted by molar-refractivity contribution is -0.140. The van der Waals surface area contributed by atoms with E-state index < -0.39 is 28.5 Å². The number of hydrogen-bond acceptors (Lipinski definition) is 5. The summed E-state index contributed by atoms with van der Waals surface area (Å²) in [6.07, 6.45) is 6.33. The van der Waals surface area contributed by atoms with Gasteiger partial charge in [0.1, 0.15) is 24.9 Å². The van der Waals surface area contributed by atoms with Crippen LogP contribution in [0.1, 0.15) is 48.8 Å². The molecule has 1 atom stereocenters. The van der Waals surface area contributed by atoms with Crippen LogP contribution < -0.4 is 14.4 Å². The number of rotatable bonds is 14. The van der Waals surface area contributed by atoms with Gasteiger partial charge in [-0.25, -0.2) is 8.42 Å². The molecule has 1 fully saturated rings. The summed E-state index contributed by atoms with van der Waals surface area (Å²) >= 11 is 6.32. The lowest BCUT2D eigenvalue weighted by Gasteiger charge is -2.35. The molecule has 1 aliphatic rings. The van der Waals surface area contributed by atoms with Crippen molar-refractivity contribution in [1.29, 1.82) is 0 Å². The minimum absolute atomic E-state index is 0.0304. The van der Waals surface area contributed by atoms with Gasteiger partial charge in [0.05, 0.1) is 11.9 Å². The maximum Gasteiger partial charge on any atom is 0.244 e. The van der Waals surface area contributed by atoms with Crippen LogP contribution >= 0.6 is 11.6 Å². The predicted octanol–water partition coefficient (Wildman–Crippen LogP) is 6.77. The van der Waals surface area contributed by atoms with Gasteiger partial charge in [-0.15, -0.1) is 0 Å². The average molecular weight is 688 g/mol. The molecule has 1 saturated carbocycles. The molecule has 0 unspecified atom stereocenters.